The summed E-state index contributed by atoms with van der Waals surface area (Å²) in [6.45, 7) is 5.41. The maximum absolute atomic E-state index is 13.5. The molecule has 2 amide bonds. The Morgan fingerprint density at radius 1 is 1.13 bits per heavy atom. The molecule has 1 aromatic carbocycles. The molecule has 2 aromatic rings. The van der Waals surface area contributed by atoms with Crippen LogP contribution in [0.2, 0.25) is 0 Å². The summed E-state index contributed by atoms with van der Waals surface area (Å²) in [7, 11) is 0. The van der Waals surface area contributed by atoms with E-state index in [9.17, 15) is 14.4 Å². The minimum atomic E-state index is -0.447. The van der Waals surface area contributed by atoms with E-state index < -0.39 is 6.04 Å². The van der Waals surface area contributed by atoms with Gasteiger partial charge in [-0.1, -0.05) is 0 Å². The van der Waals surface area contributed by atoms with Gasteiger partial charge in [0.1, 0.15) is 11.6 Å². The molecule has 3 aliphatic rings. The smallest absolute Gasteiger partial charge is 0.336 e. The number of nitrogens with zero attached hydrogens (tertiary/aromatic N) is 1. The number of piperidine rings is 3. The number of fused-ring (bicyclic) bond motifs is 5. The predicted octanol–water partition coefficient (Wildman–Crippen LogP) is 2.34. The van der Waals surface area contributed by atoms with Gasteiger partial charge in [-0.25, -0.2) is 4.79 Å². The number of hydrogen-bond donors (Lipinski definition) is 2. The number of aryl methyl sites for hydroxylation is 2. The van der Waals surface area contributed by atoms with Gasteiger partial charge in [0.25, 0.3) is 0 Å². The standard InChI is InChI=1S/C23H27N3O4/c1-12-7-21(28)30-19-6-13(2)17(9-16(12)19)25-23(29)22-15-8-14(10-24-11-15)18-4-3-5-20(27)26(18)22/h6-7,9,14-15,18,22,24H,3-5,8,10-11H2,1-2H3,(H,25,29)/t14-,15+,18+,22-/m1/s1. The fourth-order valence-corrected chi connectivity index (χ4v) is 5.66. The Morgan fingerprint density at radius 2 is 1.93 bits per heavy atom. The Morgan fingerprint density at radius 3 is 2.77 bits per heavy atom. The zero-order chi connectivity index (χ0) is 21.0. The zero-order valence-electron chi connectivity index (χ0n) is 17.4. The highest BCUT2D eigenvalue weighted by atomic mass is 16.4. The summed E-state index contributed by atoms with van der Waals surface area (Å²) in [6, 6.07) is 4.81. The maximum Gasteiger partial charge on any atom is 0.336 e. The molecule has 0 aliphatic carbocycles. The number of amides is 2. The van der Waals surface area contributed by atoms with Crippen LogP contribution in [0.1, 0.15) is 36.8 Å². The molecule has 3 aliphatic heterocycles. The van der Waals surface area contributed by atoms with Gasteiger partial charge in [-0.15, -0.1) is 0 Å². The summed E-state index contributed by atoms with van der Waals surface area (Å²) < 4.78 is 5.31. The second-order valence-corrected chi connectivity index (χ2v) is 9.02. The second kappa shape index (κ2) is 7.23. The van der Waals surface area contributed by atoms with Crippen molar-refractivity contribution >= 4 is 28.5 Å². The van der Waals surface area contributed by atoms with Gasteiger partial charge in [0, 0.05) is 42.1 Å². The van der Waals surface area contributed by atoms with Crippen molar-refractivity contribution in [1.82, 2.24) is 10.2 Å². The molecular formula is C23H27N3O4. The molecule has 3 saturated heterocycles. The molecule has 0 unspecified atom stereocenters. The Balaban J connectivity index is 1.49. The quantitative estimate of drug-likeness (QED) is 0.743. The van der Waals surface area contributed by atoms with Crippen LogP contribution in [0.5, 0.6) is 0 Å². The van der Waals surface area contributed by atoms with E-state index in [1.807, 2.05) is 24.8 Å². The first-order valence-corrected chi connectivity index (χ1v) is 10.8. The second-order valence-electron chi connectivity index (χ2n) is 9.02. The molecule has 30 heavy (non-hydrogen) atoms. The fraction of sp³-hybridized carbons (Fsp3) is 0.522. The molecule has 4 heterocycles. The molecular weight excluding hydrogens is 382 g/mol. The van der Waals surface area contributed by atoms with Gasteiger partial charge >= 0.3 is 5.63 Å². The molecule has 0 saturated carbocycles. The van der Waals surface area contributed by atoms with Crippen molar-refractivity contribution in [2.24, 2.45) is 11.8 Å². The van der Waals surface area contributed by atoms with E-state index in [0.29, 0.717) is 23.6 Å². The summed E-state index contributed by atoms with van der Waals surface area (Å²) in [5, 5.41) is 7.36. The van der Waals surface area contributed by atoms with Crippen LogP contribution in [0.15, 0.2) is 27.4 Å². The Kier molecular flexibility index (Phi) is 4.65. The average molecular weight is 409 g/mol. The van der Waals surface area contributed by atoms with E-state index in [2.05, 4.69) is 10.6 Å². The van der Waals surface area contributed by atoms with Gasteiger partial charge in [-0.05, 0) is 68.8 Å². The third-order valence-electron chi connectivity index (χ3n) is 7.07. The number of rotatable bonds is 2. The van der Waals surface area contributed by atoms with Crippen LogP contribution >= 0.6 is 0 Å². The highest BCUT2D eigenvalue weighted by Crippen LogP contribution is 2.40. The average Bonchev–Trinajstić information content (AvgIpc) is 2.70. The van der Waals surface area contributed by atoms with Crippen LogP contribution in [0.4, 0.5) is 5.69 Å². The van der Waals surface area contributed by atoms with E-state index >= 15 is 0 Å². The SMILES string of the molecule is Cc1cc2oc(=O)cc(C)c2cc1NC(=O)[C@H]1[C@@H]2CNC[C@@H](C2)[C@@H]2CCCC(=O)N21. The van der Waals surface area contributed by atoms with E-state index in [-0.39, 0.29) is 29.4 Å². The predicted molar refractivity (Wildman–Crippen MR) is 113 cm³/mol. The molecule has 2 N–H and O–H groups in total. The summed E-state index contributed by atoms with van der Waals surface area (Å²) in [5.41, 5.74) is 2.45. The van der Waals surface area contributed by atoms with Crippen molar-refractivity contribution in [3.8, 4) is 0 Å². The molecule has 3 fully saturated rings. The first-order valence-electron chi connectivity index (χ1n) is 10.8. The molecule has 2 bridgehead atoms. The number of carbonyl (C=O) groups excluding carboxylic acids is 2. The lowest BCUT2D eigenvalue weighted by Crippen LogP contribution is -2.67. The molecule has 5 rings (SSSR count). The minimum Gasteiger partial charge on any atom is -0.423 e. The summed E-state index contributed by atoms with van der Waals surface area (Å²) in [5.74, 6) is 0.545. The van der Waals surface area contributed by atoms with Crippen molar-refractivity contribution in [1.29, 1.82) is 0 Å². The third-order valence-corrected chi connectivity index (χ3v) is 7.07. The van der Waals surface area contributed by atoms with Crippen LogP contribution < -0.4 is 16.3 Å². The van der Waals surface area contributed by atoms with Gasteiger partial charge in [-0.3, -0.25) is 9.59 Å². The van der Waals surface area contributed by atoms with Crippen LogP contribution in [-0.2, 0) is 9.59 Å². The van der Waals surface area contributed by atoms with Gasteiger partial charge < -0.3 is 20.0 Å². The van der Waals surface area contributed by atoms with E-state index in [4.69, 9.17) is 4.42 Å². The fourth-order valence-electron chi connectivity index (χ4n) is 5.66. The molecule has 4 atom stereocenters. The molecule has 158 valence electrons. The Hall–Kier alpha value is -2.67. The van der Waals surface area contributed by atoms with Crippen molar-refractivity contribution in [2.45, 2.75) is 51.6 Å². The van der Waals surface area contributed by atoms with Crippen LogP contribution in [0.25, 0.3) is 11.0 Å². The van der Waals surface area contributed by atoms with Crippen molar-refractivity contribution in [3.63, 3.8) is 0 Å². The Labute approximate surface area is 174 Å². The number of carbonyl (C=O) groups is 2. The summed E-state index contributed by atoms with van der Waals surface area (Å²) >= 11 is 0. The first kappa shape index (κ1) is 19.3. The van der Waals surface area contributed by atoms with Gasteiger partial charge in [0.15, 0.2) is 0 Å². The van der Waals surface area contributed by atoms with Crippen LogP contribution in [0, 0.1) is 25.7 Å². The monoisotopic (exact) mass is 409 g/mol. The molecule has 0 spiro atoms. The van der Waals surface area contributed by atoms with Crippen LogP contribution in [0.3, 0.4) is 0 Å². The number of anilines is 1. The van der Waals surface area contributed by atoms with Gasteiger partial charge in [-0.2, -0.15) is 0 Å². The van der Waals surface area contributed by atoms with E-state index in [1.165, 1.54) is 6.07 Å². The first-order chi connectivity index (χ1) is 14.4. The van der Waals surface area contributed by atoms with E-state index in [1.54, 1.807) is 6.07 Å². The number of hydrogen-bond acceptors (Lipinski definition) is 5. The third kappa shape index (κ3) is 3.12. The molecule has 7 nitrogen and oxygen atoms in total. The largest absolute Gasteiger partial charge is 0.423 e. The van der Waals surface area contributed by atoms with Crippen molar-refractivity contribution < 1.29 is 14.0 Å². The Bertz CT molecular complexity index is 1090. The number of nitrogens with one attached hydrogen (secondary N) is 2. The highest BCUT2D eigenvalue weighted by Gasteiger charge is 2.50. The van der Waals surface area contributed by atoms with Crippen molar-refractivity contribution in [2.75, 3.05) is 18.4 Å². The zero-order valence-corrected chi connectivity index (χ0v) is 17.4. The van der Waals surface area contributed by atoms with Gasteiger partial charge in [0.2, 0.25) is 11.8 Å². The minimum absolute atomic E-state index is 0.107. The lowest BCUT2D eigenvalue weighted by atomic mass is 9.72. The lowest BCUT2D eigenvalue weighted by molar-refractivity contribution is -0.155. The summed E-state index contributed by atoms with van der Waals surface area (Å²) in [6.07, 6.45) is 3.40. The normalized spacial score (nSPS) is 28.3. The topological polar surface area (TPSA) is 91.6 Å². The lowest BCUT2D eigenvalue weighted by Gasteiger charge is -2.53. The molecule has 1 aromatic heterocycles. The van der Waals surface area contributed by atoms with Crippen LogP contribution in [-0.4, -0.2) is 41.9 Å². The molecule has 7 heteroatoms. The summed E-state index contributed by atoms with van der Waals surface area (Å²) in [4.78, 5) is 39.9. The van der Waals surface area contributed by atoms with Gasteiger partial charge in [0.05, 0.1) is 0 Å². The maximum atomic E-state index is 13.5. The van der Waals surface area contributed by atoms with Crippen molar-refractivity contribution in [3.05, 3.63) is 39.7 Å². The van der Waals surface area contributed by atoms with E-state index in [0.717, 1.165) is 48.9 Å². The highest BCUT2D eigenvalue weighted by molar-refractivity contribution is 6.00. The number of benzene rings is 1. The molecule has 0 radical (unpaired) electrons.